The maximum atomic E-state index is 12.3. The Balaban J connectivity index is 3.47. The van der Waals surface area contributed by atoms with Crippen molar-refractivity contribution in [3.8, 4) is 6.07 Å². The zero-order valence-electron chi connectivity index (χ0n) is 6.69. The van der Waals surface area contributed by atoms with Crippen LogP contribution in [0.25, 0.3) is 0 Å². The van der Waals surface area contributed by atoms with E-state index in [1.165, 1.54) is 6.07 Å². The van der Waals surface area contributed by atoms with E-state index in [9.17, 15) is 13.2 Å². The molecular weight excluding hydrogens is 217 g/mol. The van der Waals surface area contributed by atoms with Crippen molar-refractivity contribution in [1.29, 1.82) is 5.26 Å². The quantitative estimate of drug-likeness (QED) is 0.684. The highest BCUT2D eigenvalue weighted by Crippen LogP contribution is 2.37. The Kier molecular flexibility index (Phi) is 2.58. The molecule has 0 aliphatic carbocycles. The molecule has 0 spiro atoms. The van der Waals surface area contributed by atoms with Crippen molar-refractivity contribution < 1.29 is 13.2 Å². The number of anilines is 1. The van der Waals surface area contributed by atoms with Crippen molar-refractivity contribution >= 4 is 17.3 Å². The summed E-state index contributed by atoms with van der Waals surface area (Å²) < 4.78 is 36.9. The minimum absolute atomic E-state index is 0.140. The van der Waals surface area contributed by atoms with Crippen LogP contribution in [0.2, 0.25) is 5.02 Å². The van der Waals surface area contributed by atoms with Crippen LogP contribution in [0.1, 0.15) is 11.1 Å². The number of nitriles is 1. The van der Waals surface area contributed by atoms with E-state index in [4.69, 9.17) is 22.6 Å². The fourth-order valence-corrected chi connectivity index (χ4v) is 1.19. The van der Waals surface area contributed by atoms with Crippen LogP contribution in [-0.4, -0.2) is 0 Å². The van der Waals surface area contributed by atoms with Gasteiger partial charge in [-0.25, -0.2) is 0 Å². The largest absolute Gasteiger partial charge is 0.417 e. The van der Waals surface area contributed by atoms with Gasteiger partial charge in [-0.05, 0) is 12.1 Å². The van der Waals surface area contributed by atoms with E-state index in [1.807, 2.05) is 0 Å². The standard InChI is InChI=1S/C8H4ClF3N2/c9-7-4(3-13)1-5(14)2-6(7)8(10,11)12/h1-2H,14H2. The van der Waals surface area contributed by atoms with Crippen molar-refractivity contribution in [2.75, 3.05) is 5.73 Å². The predicted octanol–water partition coefficient (Wildman–Crippen LogP) is 2.81. The van der Waals surface area contributed by atoms with E-state index in [0.29, 0.717) is 6.07 Å². The highest BCUT2D eigenvalue weighted by atomic mass is 35.5. The molecule has 74 valence electrons. The molecule has 0 saturated carbocycles. The van der Waals surface area contributed by atoms with Crippen molar-refractivity contribution in [3.63, 3.8) is 0 Å². The van der Waals surface area contributed by atoms with Crippen molar-refractivity contribution in [2.45, 2.75) is 6.18 Å². The van der Waals surface area contributed by atoms with E-state index in [2.05, 4.69) is 0 Å². The summed E-state index contributed by atoms with van der Waals surface area (Å²) in [6, 6.07) is 3.33. The summed E-state index contributed by atoms with van der Waals surface area (Å²) >= 11 is 5.37. The van der Waals surface area contributed by atoms with Crippen LogP contribution in [0.5, 0.6) is 0 Å². The zero-order valence-corrected chi connectivity index (χ0v) is 7.45. The Labute approximate surface area is 82.7 Å². The molecule has 6 heteroatoms. The molecule has 2 N–H and O–H groups in total. The van der Waals surface area contributed by atoms with Gasteiger partial charge in [-0.3, -0.25) is 0 Å². The second-order valence-electron chi connectivity index (χ2n) is 2.54. The number of alkyl halides is 3. The van der Waals surface area contributed by atoms with Gasteiger partial charge in [0.15, 0.2) is 0 Å². The summed E-state index contributed by atoms with van der Waals surface area (Å²) in [5.41, 5.74) is 3.68. The van der Waals surface area contributed by atoms with Gasteiger partial charge in [0.05, 0.1) is 16.1 Å². The topological polar surface area (TPSA) is 49.8 Å². The first-order chi connectivity index (χ1) is 6.36. The third-order valence-corrected chi connectivity index (χ3v) is 1.93. The number of hydrogen-bond acceptors (Lipinski definition) is 2. The number of nitrogens with two attached hydrogens (primary N) is 1. The van der Waals surface area contributed by atoms with Gasteiger partial charge in [-0.1, -0.05) is 11.6 Å². The predicted molar refractivity (Wildman–Crippen MR) is 45.6 cm³/mol. The van der Waals surface area contributed by atoms with Crippen molar-refractivity contribution in [2.24, 2.45) is 0 Å². The van der Waals surface area contributed by atoms with E-state index >= 15 is 0 Å². The second kappa shape index (κ2) is 3.39. The Morgan fingerprint density at radius 1 is 1.36 bits per heavy atom. The van der Waals surface area contributed by atoms with Crippen LogP contribution in [0.4, 0.5) is 18.9 Å². The lowest BCUT2D eigenvalue weighted by Crippen LogP contribution is -2.07. The summed E-state index contributed by atoms with van der Waals surface area (Å²) in [6.07, 6.45) is -4.60. The van der Waals surface area contributed by atoms with Gasteiger partial charge >= 0.3 is 6.18 Å². The molecule has 0 saturated heterocycles. The van der Waals surface area contributed by atoms with Crippen LogP contribution < -0.4 is 5.73 Å². The number of nitrogen functional groups attached to an aromatic ring is 1. The molecule has 0 aliphatic rings. The lowest BCUT2D eigenvalue weighted by Gasteiger charge is -2.10. The molecular formula is C8H4ClF3N2. The highest BCUT2D eigenvalue weighted by molar-refractivity contribution is 6.32. The van der Waals surface area contributed by atoms with E-state index in [1.54, 1.807) is 0 Å². The van der Waals surface area contributed by atoms with E-state index < -0.39 is 16.8 Å². The number of halogens is 4. The first-order valence-electron chi connectivity index (χ1n) is 3.42. The summed E-state index contributed by atoms with van der Waals surface area (Å²) in [7, 11) is 0. The molecule has 1 aromatic rings. The van der Waals surface area contributed by atoms with Gasteiger partial charge in [-0.2, -0.15) is 18.4 Å². The smallest absolute Gasteiger partial charge is 0.399 e. The molecule has 0 bridgehead atoms. The number of rotatable bonds is 0. The molecule has 2 nitrogen and oxygen atoms in total. The SMILES string of the molecule is N#Cc1cc(N)cc(C(F)(F)F)c1Cl. The Hall–Kier alpha value is -1.41. The highest BCUT2D eigenvalue weighted by Gasteiger charge is 2.34. The Morgan fingerprint density at radius 2 is 1.93 bits per heavy atom. The molecule has 0 radical (unpaired) electrons. The normalized spacial score (nSPS) is 11.1. The van der Waals surface area contributed by atoms with Crippen LogP contribution in [0.3, 0.4) is 0 Å². The van der Waals surface area contributed by atoms with Gasteiger partial charge in [0, 0.05) is 5.69 Å². The summed E-state index contributed by atoms with van der Waals surface area (Å²) in [4.78, 5) is 0. The first kappa shape index (κ1) is 10.7. The van der Waals surface area contributed by atoms with Crippen LogP contribution in [-0.2, 0) is 6.18 Å². The van der Waals surface area contributed by atoms with E-state index in [-0.39, 0.29) is 11.3 Å². The zero-order chi connectivity index (χ0) is 10.9. The fraction of sp³-hybridized carbons (Fsp3) is 0.125. The van der Waals surface area contributed by atoms with Crippen molar-refractivity contribution in [1.82, 2.24) is 0 Å². The third-order valence-electron chi connectivity index (χ3n) is 1.52. The maximum absolute atomic E-state index is 12.3. The first-order valence-corrected chi connectivity index (χ1v) is 3.80. The minimum Gasteiger partial charge on any atom is -0.399 e. The number of benzene rings is 1. The molecule has 14 heavy (non-hydrogen) atoms. The Bertz CT molecular complexity index is 406. The maximum Gasteiger partial charge on any atom is 0.417 e. The molecule has 0 fully saturated rings. The third kappa shape index (κ3) is 1.91. The van der Waals surface area contributed by atoms with Crippen LogP contribution in [0.15, 0.2) is 12.1 Å². The van der Waals surface area contributed by atoms with Crippen molar-refractivity contribution in [3.05, 3.63) is 28.3 Å². The van der Waals surface area contributed by atoms with Gasteiger partial charge < -0.3 is 5.73 Å². The lowest BCUT2D eigenvalue weighted by molar-refractivity contribution is -0.137. The van der Waals surface area contributed by atoms with Gasteiger partial charge in [0.1, 0.15) is 6.07 Å². The average molecular weight is 221 g/mol. The minimum atomic E-state index is -4.60. The van der Waals surface area contributed by atoms with Gasteiger partial charge in [0.2, 0.25) is 0 Å². The lowest BCUT2D eigenvalue weighted by atomic mass is 10.1. The van der Waals surface area contributed by atoms with Crippen LogP contribution >= 0.6 is 11.6 Å². The Morgan fingerprint density at radius 3 is 2.36 bits per heavy atom. The molecule has 0 aromatic heterocycles. The molecule has 0 unspecified atom stereocenters. The molecule has 0 heterocycles. The summed E-state index contributed by atoms with van der Waals surface area (Å²) in [5, 5.41) is 7.86. The fourth-order valence-electron chi connectivity index (χ4n) is 0.934. The average Bonchev–Trinajstić information content (AvgIpc) is 2.06. The molecule has 1 rings (SSSR count). The van der Waals surface area contributed by atoms with Gasteiger partial charge in [0.25, 0.3) is 0 Å². The summed E-state index contributed by atoms with van der Waals surface area (Å²) in [6.45, 7) is 0. The molecule has 0 aliphatic heterocycles. The molecule has 0 atom stereocenters. The second-order valence-corrected chi connectivity index (χ2v) is 2.92. The van der Waals surface area contributed by atoms with Gasteiger partial charge in [-0.15, -0.1) is 0 Å². The van der Waals surface area contributed by atoms with Crippen LogP contribution in [0, 0.1) is 11.3 Å². The summed E-state index contributed by atoms with van der Waals surface area (Å²) in [5.74, 6) is 0. The number of nitrogens with zero attached hydrogens (tertiary/aromatic N) is 1. The number of hydrogen-bond donors (Lipinski definition) is 1. The monoisotopic (exact) mass is 220 g/mol. The molecule has 0 amide bonds. The molecule has 1 aromatic carbocycles. The van der Waals surface area contributed by atoms with E-state index in [0.717, 1.165) is 6.07 Å².